The largest absolute Gasteiger partial charge is 0.310 e. The van der Waals surface area contributed by atoms with Gasteiger partial charge in [0.05, 0.1) is 5.69 Å². The maximum atomic E-state index is 2.42. The zero-order valence-corrected chi connectivity index (χ0v) is 31.3. The molecule has 10 aromatic carbocycles. The third-order valence-corrected chi connectivity index (χ3v) is 11.5. The minimum Gasteiger partial charge on any atom is -0.310 e. The van der Waals surface area contributed by atoms with E-state index in [0.29, 0.717) is 0 Å². The van der Waals surface area contributed by atoms with Gasteiger partial charge in [0.25, 0.3) is 0 Å². The molecule has 0 unspecified atom stereocenters. The smallest absolute Gasteiger partial charge is 0.0546 e. The first-order valence-corrected chi connectivity index (χ1v) is 19.7. The molecule has 0 bridgehead atoms. The lowest BCUT2D eigenvalue weighted by molar-refractivity contribution is 1.29. The van der Waals surface area contributed by atoms with Crippen molar-refractivity contribution in [3.05, 3.63) is 224 Å². The van der Waals surface area contributed by atoms with Crippen LogP contribution in [0.25, 0.3) is 88.3 Å². The van der Waals surface area contributed by atoms with Crippen LogP contribution < -0.4 is 4.90 Å². The maximum absolute atomic E-state index is 2.42. The summed E-state index contributed by atoms with van der Waals surface area (Å²) < 4.78 is 0. The Labute approximate surface area is 333 Å². The fourth-order valence-electron chi connectivity index (χ4n) is 8.71. The molecule has 0 spiro atoms. The molecular weight excluding hydrogens is 687 g/mol. The Morgan fingerprint density at radius 2 is 0.614 bits per heavy atom. The van der Waals surface area contributed by atoms with E-state index in [4.69, 9.17) is 0 Å². The van der Waals surface area contributed by atoms with Crippen LogP contribution in [0.4, 0.5) is 17.1 Å². The van der Waals surface area contributed by atoms with Gasteiger partial charge in [0, 0.05) is 16.9 Å². The van der Waals surface area contributed by atoms with Crippen LogP contribution in [0, 0.1) is 0 Å². The van der Waals surface area contributed by atoms with Crippen LogP contribution >= 0.6 is 0 Å². The number of hydrogen-bond donors (Lipinski definition) is 0. The van der Waals surface area contributed by atoms with E-state index in [1.807, 2.05) is 0 Å². The molecular formula is C56H37N. The fraction of sp³-hybridized carbons (Fsp3) is 0. The van der Waals surface area contributed by atoms with E-state index in [1.165, 1.54) is 88.3 Å². The van der Waals surface area contributed by atoms with E-state index < -0.39 is 0 Å². The number of nitrogens with zero attached hydrogens (tertiary/aromatic N) is 1. The van der Waals surface area contributed by atoms with Crippen molar-refractivity contribution in [2.45, 2.75) is 0 Å². The molecule has 0 saturated heterocycles. The average molecular weight is 724 g/mol. The van der Waals surface area contributed by atoms with Crippen molar-refractivity contribution >= 4 is 38.6 Å². The zero-order valence-electron chi connectivity index (χ0n) is 31.3. The Bertz CT molecular complexity index is 3080. The molecule has 0 aliphatic heterocycles. The third kappa shape index (κ3) is 5.80. The standard InChI is InChI=1S/C56H37N/c1-6-16-38(17-7-1)43-27-29-49(39-18-8-2-9-19-39)56(37-43)57(47-24-14-5-15-25-47)48-28-26-42-31-52-53(34-44(42)30-48)55-36-46-33-51(41-22-12-4-13-23-41)50(32-45(46)35-54(52)55)40-20-10-3-11-21-40/h1-37H. The van der Waals surface area contributed by atoms with Crippen LogP contribution in [0.15, 0.2) is 224 Å². The van der Waals surface area contributed by atoms with E-state index in [2.05, 4.69) is 229 Å². The number of benzene rings is 10. The van der Waals surface area contributed by atoms with Gasteiger partial charge in [-0.1, -0.05) is 158 Å². The van der Waals surface area contributed by atoms with Gasteiger partial charge >= 0.3 is 0 Å². The Kier molecular flexibility index (Phi) is 7.89. The summed E-state index contributed by atoms with van der Waals surface area (Å²) in [4.78, 5) is 2.42. The monoisotopic (exact) mass is 723 g/mol. The Balaban J connectivity index is 1.06. The molecule has 0 heterocycles. The average Bonchev–Trinajstić information content (AvgIpc) is 3.29. The van der Waals surface area contributed by atoms with E-state index in [0.717, 1.165) is 17.1 Å². The molecule has 266 valence electrons. The van der Waals surface area contributed by atoms with Gasteiger partial charge in [0.15, 0.2) is 0 Å². The summed E-state index contributed by atoms with van der Waals surface area (Å²) in [5, 5.41) is 4.98. The van der Waals surface area contributed by atoms with Crippen molar-refractivity contribution in [2.75, 3.05) is 4.90 Å². The summed E-state index contributed by atoms with van der Waals surface area (Å²) in [6.07, 6.45) is 0. The van der Waals surface area contributed by atoms with Crippen LogP contribution in [0.2, 0.25) is 0 Å². The van der Waals surface area contributed by atoms with Gasteiger partial charge in [-0.2, -0.15) is 0 Å². The quantitative estimate of drug-likeness (QED) is 0.158. The molecule has 0 fully saturated rings. The highest BCUT2D eigenvalue weighted by atomic mass is 15.1. The second-order valence-electron chi connectivity index (χ2n) is 14.9. The normalized spacial score (nSPS) is 11.5. The first-order chi connectivity index (χ1) is 28.2. The number of para-hydroxylation sites is 1. The summed E-state index contributed by atoms with van der Waals surface area (Å²) >= 11 is 0. The summed E-state index contributed by atoms with van der Waals surface area (Å²) in [5.41, 5.74) is 18.4. The van der Waals surface area contributed by atoms with Crippen LogP contribution in [-0.2, 0) is 0 Å². The lowest BCUT2D eigenvalue weighted by Crippen LogP contribution is -2.11. The predicted molar refractivity (Wildman–Crippen MR) is 242 cm³/mol. The molecule has 10 aromatic rings. The molecule has 1 aliphatic rings. The predicted octanol–water partition coefficient (Wildman–Crippen LogP) is 15.8. The lowest BCUT2D eigenvalue weighted by Gasteiger charge is -2.29. The van der Waals surface area contributed by atoms with Gasteiger partial charge in [0.2, 0.25) is 0 Å². The number of hydrogen-bond acceptors (Lipinski definition) is 1. The van der Waals surface area contributed by atoms with Gasteiger partial charge in [-0.15, -0.1) is 0 Å². The van der Waals surface area contributed by atoms with Crippen molar-refractivity contribution in [1.82, 2.24) is 0 Å². The van der Waals surface area contributed by atoms with Crippen molar-refractivity contribution < 1.29 is 0 Å². The van der Waals surface area contributed by atoms with Gasteiger partial charge in [0.1, 0.15) is 0 Å². The van der Waals surface area contributed by atoms with E-state index in [1.54, 1.807) is 0 Å². The first-order valence-electron chi connectivity index (χ1n) is 19.7. The Hall–Kier alpha value is -7.48. The highest BCUT2D eigenvalue weighted by molar-refractivity contribution is 6.13. The van der Waals surface area contributed by atoms with Gasteiger partial charge in [-0.3, -0.25) is 0 Å². The summed E-state index contributed by atoms with van der Waals surface area (Å²) in [5.74, 6) is 0. The molecule has 0 saturated carbocycles. The second kappa shape index (κ2) is 13.7. The maximum Gasteiger partial charge on any atom is 0.0546 e. The van der Waals surface area contributed by atoms with Gasteiger partial charge < -0.3 is 4.90 Å². The van der Waals surface area contributed by atoms with Crippen LogP contribution in [0.3, 0.4) is 0 Å². The van der Waals surface area contributed by atoms with Crippen molar-refractivity contribution in [3.8, 4) is 66.8 Å². The molecule has 0 N–H and O–H groups in total. The molecule has 0 aromatic heterocycles. The van der Waals surface area contributed by atoms with Crippen LogP contribution in [0.5, 0.6) is 0 Å². The summed E-state index contributed by atoms with van der Waals surface area (Å²) in [7, 11) is 0. The Morgan fingerprint density at radius 1 is 0.211 bits per heavy atom. The van der Waals surface area contributed by atoms with Crippen molar-refractivity contribution in [2.24, 2.45) is 0 Å². The molecule has 57 heavy (non-hydrogen) atoms. The number of anilines is 3. The Morgan fingerprint density at radius 3 is 1.12 bits per heavy atom. The topological polar surface area (TPSA) is 3.24 Å². The molecule has 1 nitrogen and oxygen atoms in total. The minimum absolute atomic E-state index is 1.11. The van der Waals surface area contributed by atoms with Crippen molar-refractivity contribution in [1.29, 1.82) is 0 Å². The lowest BCUT2D eigenvalue weighted by atomic mass is 9.77. The highest BCUT2D eigenvalue weighted by Gasteiger charge is 2.25. The number of rotatable bonds is 7. The number of fused-ring (bicyclic) bond motifs is 6. The second-order valence-corrected chi connectivity index (χ2v) is 14.9. The molecule has 0 atom stereocenters. The SMILES string of the molecule is c1ccc(-c2ccc(-c3ccccc3)c(N(c3ccccc3)c3ccc4cc5c(cc4c3)-c3cc4cc(-c6ccccc6)c(-c6ccccc6)cc4cc3-5)c2)cc1. The zero-order chi connectivity index (χ0) is 37.7. The summed E-state index contributed by atoms with van der Waals surface area (Å²) in [6.45, 7) is 0. The first kappa shape index (κ1) is 32.9. The molecule has 1 heteroatoms. The minimum atomic E-state index is 1.11. The molecule has 0 radical (unpaired) electrons. The summed E-state index contributed by atoms with van der Waals surface area (Å²) in [6, 6.07) is 81.9. The van der Waals surface area contributed by atoms with E-state index in [-0.39, 0.29) is 0 Å². The van der Waals surface area contributed by atoms with E-state index >= 15 is 0 Å². The fourth-order valence-corrected chi connectivity index (χ4v) is 8.71. The molecule has 1 aliphatic carbocycles. The van der Waals surface area contributed by atoms with Gasteiger partial charge in [-0.25, -0.2) is 0 Å². The van der Waals surface area contributed by atoms with E-state index in [9.17, 15) is 0 Å². The van der Waals surface area contributed by atoms with Crippen molar-refractivity contribution in [3.63, 3.8) is 0 Å². The van der Waals surface area contributed by atoms with Crippen LogP contribution in [0.1, 0.15) is 0 Å². The third-order valence-electron chi connectivity index (χ3n) is 11.5. The highest BCUT2D eigenvalue weighted by Crippen LogP contribution is 2.52. The van der Waals surface area contributed by atoms with Gasteiger partial charge in [-0.05, 0) is 149 Å². The molecule has 11 rings (SSSR count). The van der Waals surface area contributed by atoms with Crippen LogP contribution in [-0.4, -0.2) is 0 Å². The molecule has 0 amide bonds.